The van der Waals surface area contributed by atoms with Gasteiger partial charge in [-0.1, -0.05) is 23.7 Å². The van der Waals surface area contributed by atoms with E-state index in [0.717, 1.165) is 12.0 Å². The van der Waals surface area contributed by atoms with Crippen LogP contribution < -0.4 is 10.6 Å². The van der Waals surface area contributed by atoms with Gasteiger partial charge in [0.15, 0.2) is 0 Å². The highest BCUT2D eigenvalue weighted by atomic mass is 35.5. The van der Waals surface area contributed by atoms with Crippen LogP contribution in [0, 0.1) is 11.3 Å². The van der Waals surface area contributed by atoms with Crippen LogP contribution in [0.25, 0.3) is 0 Å². The molecule has 1 aromatic rings. The van der Waals surface area contributed by atoms with Gasteiger partial charge in [-0.2, -0.15) is 5.26 Å². The summed E-state index contributed by atoms with van der Waals surface area (Å²) in [6, 6.07) is 9.05. The van der Waals surface area contributed by atoms with Crippen LogP contribution in [0.3, 0.4) is 0 Å². The minimum atomic E-state index is -0.409. The zero-order valence-electron chi connectivity index (χ0n) is 13.4. The van der Waals surface area contributed by atoms with Crippen molar-refractivity contribution >= 4 is 17.5 Å². The third-order valence-electron chi connectivity index (χ3n) is 2.89. The van der Waals surface area contributed by atoms with Gasteiger partial charge in [-0.15, -0.1) is 0 Å². The van der Waals surface area contributed by atoms with Crippen molar-refractivity contribution in [2.24, 2.45) is 0 Å². The predicted molar refractivity (Wildman–Crippen MR) is 90.7 cm³/mol. The molecule has 5 nitrogen and oxygen atoms in total. The third kappa shape index (κ3) is 8.24. The number of nitrogens with zero attached hydrogens (tertiary/aromatic N) is 1. The van der Waals surface area contributed by atoms with Gasteiger partial charge < -0.3 is 15.4 Å². The van der Waals surface area contributed by atoms with E-state index in [1.165, 1.54) is 6.20 Å². The molecular formula is C17H22ClN3O2. The molecule has 0 radical (unpaired) electrons. The maximum Gasteiger partial charge on any atom is 0.263 e. The molecule has 2 N–H and O–H groups in total. The fraction of sp³-hybridized carbons (Fsp3) is 0.412. The Labute approximate surface area is 142 Å². The van der Waals surface area contributed by atoms with Crippen LogP contribution in [0.5, 0.6) is 0 Å². The number of halogens is 1. The number of benzene rings is 1. The lowest BCUT2D eigenvalue weighted by atomic mass is 10.2. The molecule has 0 aliphatic heterocycles. The molecule has 1 rings (SSSR count). The van der Waals surface area contributed by atoms with Crippen molar-refractivity contribution in [1.82, 2.24) is 10.6 Å². The van der Waals surface area contributed by atoms with Gasteiger partial charge in [-0.3, -0.25) is 4.79 Å². The van der Waals surface area contributed by atoms with Crippen LogP contribution in [0.1, 0.15) is 25.8 Å². The maximum absolute atomic E-state index is 11.9. The summed E-state index contributed by atoms with van der Waals surface area (Å²) in [6.07, 6.45) is 2.45. The molecule has 0 fully saturated rings. The van der Waals surface area contributed by atoms with Gasteiger partial charge in [0.25, 0.3) is 5.91 Å². The fourth-order valence-corrected chi connectivity index (χ4v) is 1.82. The van der Waals surface area contributed by atoms with E-state index in [9.17, 15) is 4.79 Å². The number of carbonyl (C=O) groups excluding carboxylic acids is 1. The summed E-state index contributed by atoms with van der Waals surface area (Å²) in [5.74, 6) is -0.409. The smallest absolute Gasteiger partial charge is 0.263 e. The molecular weight excluding hydrogens is 314 g/mol. The Kier molecular flexibility index (Phi) is 8.81. The lowest BCUT2D eigenvalue weighted by molar-refractivity contribution is -0.117. The normalized spacial score (nSPS) is 11.2. The Balaban J connectivity index is 2.35. The first-order chi connectivity index (χ1) is 11.0. The summed E-state index contributed by atoms with van der Waals surface area (Å²) in [6.45, 7) is 5.58. The SMILES string of the molecule is CC(C)OCCCN/C=C(/C#N)C(=O)NCc1ccc(Cl)cc1. The molecule has 0 bridgehead atoms. The van der Waals surface area contributed by atoms with Gasteiger partial charge in [0.2, 0.25) is 0 Å². The molecule has 0 heterocycles. The van der Waals surface area contributed by atoms with Crippen molar-refractivity contribution in [3.63, 3.8) is 0 Å². The number of rotatable bonds is 9. The summed E-state index contributed by atoms with van der Waals surface area (Å²) in [4.78, 5) is 11.9. The molecule has 1 amide bonds. The van der Waals surface area contributed by atoms with Gasteiger partial charge in [0.05, 0.1) is 6.10 Å². The quantitative estimate of drug-likeness (QED) is 0.413. The van der Waals surface area contributed by atoms with Gasteiger partial charge in [-0.25, -0.2) is 0 Å². The first-order valence-electron chi connectivity index (χ1n) is 7.51. The van der Waals surface area contributed by atoms with Crippen molar-refractivity contribution < 1.29 is 9.53 Å². The van der Waals surface area contributed by atoms with E-state index < -0.39 is 5.91 Å². The third-order valence-corrected chi connectivity index (χ3v) is 3.15. The molecule has 6 heteroatoms. The lowest BCUT2D eigenvalue weighted by Gasteiger charge is -2.07. The predicted octanol–water partition coefficient (Wildman–Crippen LogP) is 2.77. The second-order valence-electron chi connectivity index (χ2n) is 5.21. The lowest BCUT2D eigenvalue weighted by Crippen LogP contribution is -2.25. The molecule has 0 aliphatic carbocycles. The maximum atomic E-state index is 11.9. The van der Waals surface area contributed by atoms with Gasteiger partial charge >= 0.3 is 0 Å². The van der Waals surface area contributed by atoms with E-state index in [4.69, 9.17) is 21.6 Å². The first-order valence-corrected chi connectivity index (χ1v) is 7.88. The highest BCUT2D eigenvalue weighted by Gasteiger charge is 2.08. The fourth-order valence-electron chi connectivity index (χ4n) is 1.70. The second kappa shape index (κ2) is 10.7. The van der Waals surface area contributed by atoms with E-state index in [-0.39, 0.29) is 11.7 Å². The molecule has 0 aromatic heterocycles. The monoisotopic (exact) mass is 335 g/mol. The number of hydrogen-bond donors (Lipinski definition) is 2. The highest BCUT2D eigenvalue weighted by molar-refractivity contribution is 6.30. The molecule has 0 unspecified atom stereocenters. The van der Waals surface area contributed by atoms with Gasteiger partial charge in [0, 0.05) is 30.9 Å². The zero-order valence-corrected chi connectivity index (χ0v) is 14.2. The molecule has 0 saturated carbocycles. The van der Waals surface area contributed by atoms with Crippen LogP contribution in [0.2, 0.25) is 5.02 Å². The van der Waals surface area contributed by atoms with Crippen molar-refractivity contribution in [3.8, 4) is 6.07 Å². The number of ether oxygens (including phenoxy) is 1. The van der Waals surface area contributed by atoms with Crippen LogP contribution in [0.4, 0.5) is 0 Å². The summed E-state index contributed by atoms with van der Waals surface area (Å²) >= 11 is 5.80. The van der Waals surface area contributed by atoms with Crippen molar-refractivity contribution in [1.29, 1.82) is 5.26 Å². The number of amides is 1. The van der Waals surface area contributed by atoms with Crippen LogP contribution in [-0.4, -0.2) is 25.2 Å². The highest BCUT2D eigenvalue weighted by Crippen LogP contribution is 2.09. The summed E-state index contributed by atoms with van der Waals surface area (Å²) < 4.78 is 5.40. The van der Waals surface area contributed by atoms with E-state index in [2.05, 4.69) is 10.6 Å². The second-order valence-corrected chi connectivity index (χ2v) is 5.64. The average molecular weight is 336 g/mol. The minimum absolute atomic E-state index is 0.0451. The van der Waals surface area contributed by atoms with E-state index >= 15 is 0 Å². The van der Waals surface area contributed by atoms with Crippen molar-refractivity contribution in [2.45, 2.75) is 32.9 Å². The number of carbonyl (C=O) groups is 1. The first kappa shape index (κ1) is 19.0. The Morgan fingerprint density at radius 3 is 2.70 bits per heavy atom. The number of nitriles is 1. The summed E-state index contributed by atoms with van der Waals surface area (Å²) in [5.41, 5.74) is 0.961. The topological polar surface area (TPSA) is 74.1 Å². The molecule has 0 atom stereocenters. The number of nitrogens with one attached hydrogen (secondary N) is 2. The molecule has 1 aromatic carbocycles. The molecule has 23 heavy (non-hydrogen) atoms. The molecule has 0 saturated heterocycles. The van der Waals surface area contributed by atoms with Gasteiger partial charge in [-0.05, 0) is 38.0 Å². The molecule has 0 aliphatic rings. The van der Waals surface area contributed by atoms with Crippen molar-refractivity contribution in [3.05, 3.63) is 46.6 Å². The van der Waals surface area contributed by atoms with Gasteiger partial charge in [0.1, 0.15) is 11.6 Å². The summed E-state index contributed by atoms with van der Waals surface area (Å²) in [7, 11) is 0. The summed E-state index contributed by atoms with van der Waals surface area (Å²) in [5, 5.41) is 15.3. The van der Waals surface area contributed by atoms with E-state index in [1.807, 2.05) is 32.0 Å². The van der Waals surface area contributed by atoms with Crippen LogP contribution in [-0.2, 0) is 16.1 Å². The van der Waals surface area contributed by atoms with Crippen LogP contribution in [0.15, 0.2) is 36.0 Å². The van der Waals surface area contributed by atoms with Crippen LogP contribution >= 0.6 is 11.6 Å². The minimum Gasteiger partial charge on any atom is -0.390 e. The Morgan fingerprint density at radius 2 is 2.09 bits per heavy atom. The average Bonchev–Trinajstić information content (AvgIpc) is 2.53. The van der Waals surface area contributed by atoms with Crippen molar-refractivity contribution in [2.75, 3.05) is 13.2 Å². The Morgan fingerprint density at radius 1 is 1.39 bits per heavy atom. The van der Waals surface area contributed by atoms with E-state index in [1.54, 1.807) is 12.1 Å². The molecule has 124 valence electrons. The zero-order chi connectivity index (χ0) is 17.1. The Hall–Kier alpha value is -2.03. The molecule has 0 spiro atoms. The Bertz CT molecular complexity index is 562. The standard InChI is InChI=1S/C17H22ClN3O2/c1-13(2)23-9-3-8-20-12-15(10-19)17(22)21-11-14-4-6-16(18)7-5-14/h4-7,12-13,20H,3,8-9,11H2,1-2H3,(H,21,22)/b15-12-. The van der Waals surface area contributed by atoms with E-state index in [0.29, 0.717) is 24.7 Å². The largest absolute Gasteiger partial charge is 0.390 e. The number of hydrogen-bond acceptors (Lipinski definition) is 4.